The first kappa shape index (κ1) is 18.2. The first-order valence-corrected chi connectivity index (χ1v) is 9.54. The molecule has 0 atom stereocenters. The Morgan fingerprint density at radius 3 is 3.04 bits per heavy atom. The molecule has 0 fully saturated rings. The number of anilines is 1. The van der Waals surface area contributed by atoms with E-state index in [1.165, 1.54) is 29.2 Å². The van der Waals surface area contributed by atoms with Gasteiger partial charge in [0.05, 0.1) is 19.2 Å². The molecule has 9 heteroatoms. The molecule has 134 valence electrons. The van der Waals surface area contributed by atoms with Crippen molar-refractivity contribution >= 4 is 34.1 Å². The summed E-state index contributed by atoms with van der Waals surface area (Å²) in [5, 5.41) is 5.44. The zero-order valence-corrected chi connectivity index (χ0v) is 15.5. The highest BCUT2D eigenvalue weighted by molar-refractivity contribution is 7.98. The molecule has 0 aliphatic heterocycles. The number of aromatic nitrogens is 3. The number of hydrogen-bond acceptors (Lipinski definition) is 7. The molecule has 0 aliphatic carbocycles. The minimum absolute atomic E-state index is 0.0101. The maximum atomic E-state index is 12.0. The molecule has 1 amide bonds. The third kappa shape index (κ3) is 5.17. The van der Waals surface area contributed by atoms with Crippen LogP contribution < -0.4 is 15.6 Å². The van der Waals surface area contributed by atoms with E-state index in [-0.39, 0.29) is 17.9 Å². The summed E-state index contributed by atoms with van der Waals surface area (Å²) in [7, 11) is 1.62. The smallest absolute Gasteiger partial charge is 0.251 e. The summed E-state index contributed by atoms with van der Waals surface area (Å²) in [6.07, 6.45) is 1.62. The normalized spacial score (nSPS) is 10.5. The van der Waals surface area contributed by atoms with E-state index in [2.05, 4.69) is 20.3 Å². The summed E-state index contributed by atoms with van der Waals surface area (Å²) >= 11 is 2.72. The van der Waals surface area contributed by atoms with Crippen molar-refractivity contribution in [3.63, 3.8) is 0 Å². The Morgan fingerprint density at radius 2 is 2.27 bits per heavy atom. The lowest BCUT2D eigenvalue weighted by atomic mass is 10.2. The number of carbonyl (C=O) groups is 1. The van der Waals surface area contributed by atoms with Crippen LogP contribution in [0.4, 0.5) is 5.13 Å². The average Bonchev–Trinajstić information content (AvgIpc) is 3.12. The summed E-state index contributed by atoms with van der Waals surface area (Å²) < 4.78 is 5.20. The third-order valence-electron chi connectivity index (χ3n) is 3.30. The van der Waals surface area contributed by atoms with Crippen LogP contribution in [-0.4, -0.2) is 28.0 Å². The lowest BCUT2D eigenvalue weighted by Gasteiger charge is -2.06. The van der Waals surface area contributed by atoms with Crippen molar-refractivity contribution in [1.82, 2.24) is 15.0 Å². The second-order valence-electron chi connectivity index (χ2n) is 5.24. The topological polar surface area (TPSA) is 97.0 Å². The van der Waals surface area contributed by atoms with Gasteiger partial charge in [0.1, 0.15) is 5.75 Å². The van der Waals surface area contributed by atoms with E-state index in [0.717, 1.165) is 11.3 Å². The highest BCUT2D eigenvalue weighted by Crippen LogP contribution is 2.21. The van der Waals surface area contributed by atoms with Crippen molar-refractivity contribution in [3.8, 4) is 5.75 Å². The zero-order valence-electron chi connectivity index (χ0n) is 13.9. The maximum Gasteiger partial charge on any atom is 0.251 e. The standard InChI is InChI=1S/C17H16N4O3S2/c1-24-13-4-2-3-11(7-13)10-26-17-19-12(9-15(23)21-17)8-14(22)20-16-18-5-6-25-16/h2-7,9H,8,10H2,1H3,(H,18,20,22)(H,19,21,23). The highest BCUT2D eigenvalue weighted by Gasteiger charge is 2.09. The Labute approximate surface area is 157 Å². The van der Waals surface area contributed by atoms with Gasteiger partial charge in [-0.2, -0.15) is 0 Å². The number of hydrogen-bond donors (Lipinski definition) is 2. The van der Waals surface area contributed by atoms with Crippen LogP contribution in [0.25, 0.3) is 0 Å². The zero-order chi connectivity index (χ0) is 18.4. The van der Waals surface area contributed by atoms with Crippen LogP contribution in [0, 0.1) is 0 Å². The van der Waals surface area contributed by atoms with Gasteiger partial charge < -0.3 is 15.0 Å². The molecule has 1 aromatic carbocycles. The molecule has 0 unspecified atom stereocenters. The molecule has 0 radical (unpaired) electrons. The molecular formula is C17H16N4O3S2. The fourth-order valence-corrected chi connectivity index (χ4v) is 3.55. The van der Waals surface area contributed by atoms with E-state index in [9.17, 15) is 9.59 Å². The quantitative estimate of drug-likeness (QED) is 0.477. The van der Waals surface area contributed by atoms with Gasteiger partial charge in [-0.15, -0.1) is 11.3 Å². The van der Waals surface area contributed by atoms with E-state index >= 15 is 0 Å². The van der Waals surface area contributed by atoms with Gasteiger partial charge in [-0.25, -0.2) is 9.97 Å². The number of thioether (sulfide) groups is 1. The predicted octanol–water partition coefficient (Wildman–Crippen LogP) is 2.71. The fraction of sp³-hybridized carbons (Fsp3) is 0.176. The van der Waals surface area contributed by atoms with Crippen LogP contribution in [0.15, 0.2) is 51.9 Å². The lowest BCUT2D eigenvalue weighted by Crippen LogP contribution is -2.18. The number of H-pyrrole nitrogens is 1. The van der Waals surface area contributed by atoms with Crippen molar-refractivity contribution in [2.24, 2.45) is 0 Å². The van der Waals surface area contributed by atoms with Gasteiger partial charge >= 0.3 is 0 Å². The average molecular weight is 388 g/mol. The minimum atomic E-state index is -0.287. The Bertz CT molecular complexity index is 941. The summed E-state index contributed by atoms with van der Waals surface area (Å²) in [5.41, 5.74) is 1.17. The number of nitrogens with zero attached hydrogens (tertiary/aromatic N) is 2. The van der Waals surface area contributed by atoms with E-state index < -0.39 is 0 Å². The SMILES string of the molecule is COc1cccc(CSc2nc(CC(=O)Nc3nccs3)cc(=O)[nH]2)c1. The van der Waals surface area contributed by atoms with E-state index in [1.54, 1.807) is 18.7 Å². The van der Waals surface area contributed by atoms with E-state index in [0.29, 0.717) is 21.7 Å². The van der Waals surface area contributed by atoms with Gasteiger partial charge in [0.25, 0.3) is 5.56 Å². The molecule has 0 bridgehead atoms. The number of benzene rings is 1. The van der Waals surface area contributed by atoms with Crippen molar-refractivity contribution in [3.05, 3.63) is 63.5 Å². The molecule has 3 aromatic rings. The lowest BCUT2D eigenvalue weighted by molar-refractivity contribution is -0.115. The van der Waals surface area contributed by atoms with Crippen LogP contribution in [0.5, 0.6) is 5.75 Å². The monoisotopic (exact) mass is 388 g/mol. The molecular weight excluding hydrogens is 372 g/mol. The van der Waals surface area contributed by atoms with Crippen molar-refractivity contribution in [2.45, 2.75) is 17.3 Å². The van der Waals surface area contributed by atoms with Crippen LogP contribution >= 0.6 is 23.1 Å². The molecule has 26 heavy (non-hydrogen) atoms. The number of aromatic amines is 1. The highest BCUT2D eigenvalue weighted by atomic mass is 32.2. The van der Waals surface area contributed by atoms with Gasteiger partial charge in [-0.1, -0.05) is 23.9 Å². The number of amides is 1. The van der Waals surface area contributed by atoms with Gasteiger partial charge in [-0.3, -0.25) is 9.59 Å². The Morgan fingerprint density at radius 1 is 1.38 bits per heavy atom. The summed E-state index contributed by atoms with van der Waals surface area (Å²) in [6, 6.07) is 9.01. The van der Waals surface area contributed by atoms with Gasteiger partial charge in [0, 0.05) is 23.4 Å². The van der Waals surface area contributed by atoms with Crippen molar-refractivity contribution in [2.75, 3.05) is 12.4 Å². The molecule has 3 rings (SSSR count). The largest absolute Gasteiger partial charge is 0.497 e. The summed E-state index contributed by atoms with van der Waals surface area (Å²) in [5.74, 6) is 1.13. The molecule has 2 aromatic heterocycles. The Kier molecular flexibility index (Phi) is 6.03. The maximum absolute atomic E-state index is 12.0. The predicted molar refractivity (Wildman–Crippen MR) is 102 cm³/mol. The van der Waals surface area contributed by atoms with Crippen LogP contribution in [0.2, 0.25) is 0 Å². The molecule has 0 saturated carbocycles. The van der Waals surface area contributed by atoms with E-state index in [1.807, 2.05) is 24.3 Å². The number of carbonyl (C=O) groups excluding carboxylic acids is 1. The number of ether oxygens (including phenoxy) is 1. The number of methoxy groups -OCH3 is 1. The van der Waals surface area contributed by atoms with Gasteiger partial charge in [0.15, 0.2) is 10.3 Å². The molecule has 0 aliphatic rings. The summed E-state index contributed by atoms with van der Waals surface area (Å²) in [6.45, 7) is 0. The van der Waals surface area contributed by atoms with E-state index in [4.69, 9.17) is 4.74 Å². The molecule has 2 heterocycles. The van der Waals surface area contributed by atoms with Gasteiger partial charge in [-0.05, 0) is 17.7 Å². The van der Waals surface area contributed by atoms with Crippen molar-refractivity contribution in [1.29, 1.82) is 0 Å². The molecule has 7 nitrogen and oxygen atoms in total. The van der Waals surface area contributed by atoms with Crippen LogP contribution in [0.1, 0.15) is 11.3 Å². The van der Waals surface area contributed by atoms with Crippen LogP contribution in [-0.2, 0) is 17.0 Å². The first-order chi connectivity index (χ1) is 12.6. The molecule has 0 saturated heterocycles. The molecule has 2 N–H and O–H groups in total. The fourth-order valence-electron chi connectivity index (χ4n) is 2.17. The number of rotatable bonds is 7. The second kappa shape index (κ2) is 8.63. The molecule has 0 spiro atoms. The van der Waals surface area contributed by atoms with Crippen LogP contribution in [0.3, 0.4) is 0 Å². The Balaban J connectivity index is 1.65. The Hall–Kier alpha value is -2.65. The minimum Gasteiger partial charge on any atom is -0.497 e. The third-order valence-corrected chi connectivity index (χ3v) is 4.94. The number of thiazole rings is 1. The number of nitrogens with one attached hydrogen (secondary N) is 2. The first-order valence-electron chi connectivity index (χ1n) is 7.67. The summed E-state index contributed by atoms with van der Waals surface area (Å²) in [4.78, 5) is 34.9. The second-order valence-corrected chi connectivity index (χ2v) is 7.10. The van der Waals surface area contributed by atoms with Crippen molar-refractivity contribution < 1.29 is 9.53 Å². The van der Waals surface area contributed by atoms with Gasteiger partial charge in [0.2, 0.25) is 5.91 Å².